The van der Waals surface area contributed by atoms with E-state index in [1.165, 1.54) is 12.1 Å². The minimum atomic E-state index is -3.12. The number of halogens is 1. The number of amidine groups is 1. The monoisotopic (exact) mass is 452 g/mol. The zero-order valence-corrected chi connectivity index (χ0v) is 17.7. The van der Waals surface area contributed by atoms with Crippen LogP contribution in [0.5, 0.6) is 0 Å². The van der Waals surface area contributed by atoms with Gasteiger partial charge in [0.05, 0.1) is 18.0 Å². The smallest absolute Gasteiger partial charge is 0.202 e. The molecule has 0 unspecified atom stereocenters. The fourth-order valence-electron chi connectivity index (χ4n) is 2.22. The summed E-state index contributed by atoms with van der Waals surface area (Å²) < 4.78 is 40.3. The van der Waals surface area contributed by atoms with Crippen LogP contribution >= 0.6 is 0 Å². The highest BCUT2D eigenvalue weighted by Gasteiger charge is 2.17. The molecule has 15 heteroatoms. The summed E-state index contributed by atoms with van der Waals surface area (Å²) in [7, 11) is 4.08. The number of aliphatic imine (C=N–C) groups is 2. The Labute approximate surface area is 179 Å². The quantitative estimate of drug-likeness (QED) is 0.156. The molecule has 2 radical (unpaired) electrons. The second-order valence-electron chi connectivity index (χ2n) is 6.46. The number of hydrogen-bond acceptors (Lipinski definition) is 9. The summed E-state index contributed by atoms with van der Waals surface area (Å²) in [4.78, 5) is 9.74. The highest BCUT2D eigenvalue weighted by Crippen LogP contribution is 2.15. The zero-order chi connectivity index (χ0) is 23.0. The third-order valence-electron chi connectivity index (χ3n) is 3.91. The molecule has 0 spiro atoms. The molecule has 0 aliphatic heterocycles. The number of guanidine groups is 1. The van der Waals surface area contributed by atoms with Crippen LogP contribution < -0.4 is 22.0 Å². The molecule has 0 saturated carbocycles. The van der Waals surface area contributed by atoms with Gasteiger partial charge < -0.3 is 16.0 Å². The van der Waals surface area contributed by atoms with E-state index < -0.39 is 15.7 Å². The molecule has 0 saturated heterocycles. The molecule has 0 aliphatic carbocycles. The Morgan fingerprint density at radius 2 is 2.16 bits per heavy atom. The summed E-state index contributed by atoms with van der Waals surface area (Å²) in [5.41, 5.74) is 7.95. The zero-order valence-electron chi connectivity index (χ0n) is 16.9. The number of rotatable bonds is 9. The van der Waals surface area contributed by atoms with Gasteiger partial charge in [0.15, 0.2) is 17.5 Å². The highest BCUT2D eigenvalue weighted by molar-refractivity contribution is 7.90. The third kappa shape index (κ3) is 7.53. The molecule has 0 amide bonds. The predicted octanol–water partition coefficient (Wildman–Crippen LogP) is -1.24. The Hall–Kier alpha value is -3.20. The lowest BCUT2D eigenvalue weighted by Crippen LogP contribution is -2.37. The Balaban J connectivity index is 2.00. The van der Waals surface area contributed by atoms with E-state index in [0.29, 0.717) is 13.1 Å². The van der Waals surface area contributed by atoms with Gasteiger partial charge in [-0.15, -0.1) is 0 Å². The van der Waals surface area contributed by atoms with Crippen molar-refractivity contribution in [3.63, 3.8) is 0 Å². The van der Waals surface area contributed by atoms with Crippen LogP contribution in [0, 0.1) is 5.82 Å². The minimum absolute atomic E-state index is 0.0652. The van der Waals surface area contributed by atoms with Gasteiger partial charge in [-0.3, -0.25) is 15.7 Å². The maximum atomic E-state index is 13.3. The number of benzene rings is 1. The summed E-state index contributed by atoms with van der Waals surface area (Å²) in [5, 5.41) is 19.8. The van der Waals surface area contributed by atoms with Crippen molar-refractivity contribution in [1.29, 1.82) is 0 Å². The van der Waals surface area contributed by atoms with Crippen molar-refractivity contribution in [2.75, 3.05) is 44.0 Å². The molecular formula is C16H22BFN8O4S. The largest absolute Gasteiger partial charge is 0.370 e. The summed E-state index contributed by atoms with van der Waals surface area (Å²) in [5.74, 6) is -0.436. The van der Waals surface area contributed by atoms with Crippen molar-refractivity contribution in [1.82, 2.24) is 20.7 Å². The van der Waals surface area contributed by atoms with E-state index in [2.05, 4.69) is 25.6 Å². The van der Waals surface area contributed by atoms with E-state index in [9.17, 15) is 18.0 Å². The molecule has 1 aromatic heterocycles. The van der Waals surface area contributed by atoms with Gasteiger partial charge >= 0.3 is 0 Å². The number of nitrogens with zero attached hydrogens (tertiary/aromatic N) is 5. The van der Waals surface area contributed by atoms with Gasteiger partial charge in [-0.25, -0.2) is 22.4 Å². The molecule has 31 heavy (non-hydrogen) atoms. The van der Waals surface area contributed by atoms with Gasteiger partial charge in [0.25, 0.3) is 0 Å². The lowest BCUT2D eigenvalue weighted by Gasteiger charge is -2.18. The lowest BCUT2D eigenvalue weighted by atomic mass is 9.95. The van der Waals surface area contributed by atoms with Gasteiger partial charge in [-0.2, -0.15) is 0 Å². The summed E-state index contributed by atoms with van der Waals surface area (Å²) in [6, 6.07) is 3.79. The van der Waals surface area contributed by atoms with E-state index >= 15 is 0 Å². The van der Waals surface area contributed by atoms with Gasteiger partial charge in [0.1, 0.15) is 23.5 Å². The van der Waals surface area contributed by atoms with Crippen molar-refractivity contribution < 1.29 is 22.6 Å². The maximum absolute atomic E-state index is 13.3. The maximum Gasteiger partial charge on any atom is 0.202 e. The Bertz CT molecular complexity index is 1060. The van der Waals surface area contributed by atoms with E-state index in [0.717, 1.165) is 12.3 Å². The molecular weight excluding hydrogens is 430 g/mol. The molecule has 1 heterocycles. The van der Waals surface area contributed by atoms with Crippen LogP contribution in [-0.4, -0.2) is 87.2 Å². The number of hydroxylamine groups is 1. The van der Waals surface area contributed by atoms with Crippen LogP contribution in [-0.2, 0) is 9.84 Å². The average Bonchev–Trinajstić information content (AvgIpc) is 3.16. The number of likely N-dealkylation sites (N-methyl/N-ethyl adjacent to an activating group) is 1. The second kappa shape index (κ2) is 10.7. The number of aromatic nitrogens is 2. The van der Waals surface area contributed by atoms with Crippen molar-refractivity contribution in [2.45, 2.75) is 0 Å². The summed E-state index contributed by atoms with van der Waals surface area (Å²) in [6.45, 7) is 0.770. The number of anilines is 1. The summed E-state index contributed by atoms with van der Waals surface area (Å²) in [6.07, 6.45) is 1.12. The topological polar surface area (TPSA) is 171 Å². The van der Waals surface area contributed by atoms with Crippen molar-refractivity contribution >= 4 is 46.4 Å². The third-order valence-corrected chi connectivity index (χ3v) is 4.83. The molecule has 2 aromatic rings. The highest BCUT2D eigenvalue weighted by atomic mass is 32.2. The van der Waals surface area contributed by atoms with Crippen LogP contribution in [0.3, 0.4) is 0 Å². The Morgan fingerprint density at radius 1 is 1.42 bits per heavy atom. The lowest BCUT2D eigenvalue weighted by molar-refractivity contribution is 0.234. The van der Waals surface area contributed by atoms with Crippen LogP contribution in [0.1, 0.15) is 5.69 Å². The first-order valence-electron chi connectivity index (χ1n) is 8.90. The first kappa shape index (κ1) is 24.1. The molecule has 0 atom stereocenters. The fourth-order valence-corrected chi connectivity index (χ4v) is 2.65. The van der Waals surface area contributed by atoms with Crippen molar-refractivity contribution in [3.05, 3.63) is 29.7 Å². The number of nitrogens with two attached hydrogens (primary N) is 1. The van der Waals surface area contributed by atoms with Crippen LogP contribution in [0.2, 0.25) is 0 Å². The SMILES string of the molecule is [B]c1cc(N=C(NO)c2nonc2NCCN(C)C(N)=NCCS(C)(=O)=O)ccc1F. The van der Waals surface area contributed by atoms with Crippen LogP contribution in [0.4, 0.5) is 15.9 Å². The molecule has 1 aromatic carbocycles. The Kier molecular flexibility index (Phi) is 8.33. The average molecular weight is 452 g/mol. The van der Waals surface area contributed by atoms with Gasteiger partial charge in [-0.1, -0.05) is 5.46 Å². The van der Waals surface area contributed by atoms with Gasteiger partial charge in [0.2, 0.25) is 5.82 Å². The number of nitrogens with one attached hydrogen (secondary N) is 2. The molecule has 5 N–H and O–H groups in total. The first-order valence-corrected chi connectivity index (χ1v) is 11.0. The predicted molar refractivity (Wildman–Crippen MR) is 115 cm³/mol. The van der Waals surface area contributed by atoms with E-state index in [4.69, 9.17) is 18.2 Å². The molecule has 0 bridgehead atoms. The van der Waals surface area contributed by atoms with E-state index in [1.54, 1.807) is 11.9 Å². The molecule has 12 nitrogen and oxygen atoms in total. The minimum Gasteiger partial charge on any atom is -0.370 e. The van der Waals surface area contributed by atoms with Crippen LogP contribution in [0.15, 0.2) is 32.8 Å². The second-order valence-corrected chi connectivity index (χ2v) is 8.72. The molecule has 0 aliphatic rings. The molecule has 2 rings (SSSR count). The van der Waals surface area contributed by atoms with Crippen LogP contribution in [0.25, 0.3) is 0 Å². The molecule has 166 valence electrons. The first-order chi connectivity index (χ1) is 14.6. The van der Waals surface area contributed by atoms with E-state index in [1.807, 2.05) is 5.48 Å². The standard InChI is InChI=1S/C16H22BFN8O4S/c1-26(16(19)21-6-8-31(2,28)29)7-5-20-14-13(24-30-25-14)15(23-27)22-10-3-4-12(18)11(17)9-10/h3-4,9,27H,5-8H2,1-2H3,(H2,19,21)(H,20,25)(H,22,23). The fraction of sp³-hybridized carbons (Fsp3) is 0.375. The number of hydrogen-bond donors (Lipinski definition) is 4. The van der Waals surface area contributed by atoms with Crippen molar-refractivity contribution in [3.8, 4) is 0 Å². The summed E-state index contributed by atoms with van der Waals surface area (Å²) >= 11 is 0. The molecule has 0 fully saturated rings. The van der Waals surface area contributed by atoms with Gasteiger partial charge in [0, 0.05) is 26.4 Å². The Morgan fingerprint density at radius 3 is 2.81 bits per heavy atom. The normalized spacial score (nSPS) is 12.6. The van der Waals surface area contributed by atoms with Gasteiger partial charge in [-0.05, 0) is 28.5 Å². The van der Waals surface area contributed by atoms with Crippen molar-refractivity contribution in [2.24, 2.45) is 15.7 Å². The number of sulfone groups is 1. The van der Waals surface area contributed by atoms with E-state index in [-0.39, 0.29) is 46.8 Å².